The van der Waals surface area contributed by atoms with E-state index in [9.17, 15) is 9.59 Å². The first-order chi connectivity index (χ1) is 10.7. The predicted octanol–water partition coefficient (Wildman–Crippen LogP) is 2.04. The number of anilines is 2. The van der Waals surface area contributed by atoms with Gasteiger partial charge >= 0.3 is 0 Å². The molecule has 1 heterocycles. The van der Waals surface area contributed by atoms with Gasteiger partial charge in [0.15, 0.2) is 5.82 Å². The summed E-state index contributed by atoms with van der Waals surface area (Å²) in [6.45, 7) is 0. The Bertz CT molecular complexity index is 933. The van der Waals surface area contributed by atoms with Crippen LogP contribution >= 0.6 is 0 Å². The molecule has 0 unspecified atom stereocenters. The molecule has 0 aliphatic carbocycles. The van der Waals surface area contributed by atoms with Crippen LogP contribution in [0.3, 0.4) is 0 Å². The number of ether oxygens (including phenoxy) is 1. The molecule has 0 aliphatic heterocycles. The van der Waals surface area contributed by atoms with Crippen LogP contribution in [0.25, 0.3) is 10.9 Å². The molecule has 0 fully saturated rings. The summed E-state index contributed by atoms with van der Waals surface area (Å²) >= 11 is 0. The zero-order valence-electron chi connectivity index (χ0n) is 11.8. The normalized spacial score (nSPS) is 10.4. The molecule has 0 atom stereocenters. The van der Waals surface area contributed by atoms with Gasteiger partial charge in [0.1, 0.15) is 5.75 Å². The van der Waals surface area contributed by atoms with Crippen molar-refractivity contribution in [2.24, 2.45) is 0 Å². The SMILES string of the molecule is COc1ccc(Nc2nc3ccccc3c(=O)[nH]c2=O)cc1. The summed E-state index contributed by atoms with van der Waals surface area (Å²) in [5.74, 6) is 0.766. The fourth-order valence-corrected chi connectivity index (χ4v) is 2.06. The maximum Gasteiger partial charge on any atom is 0.293 e. The summed E-state index contributed by atoms with van der Waals surface area (Å²) in [7, 11) is 1.58. The number of para-hydroxylation sites is 1. The number of aromatic nitrogens is 2. The molecule has 0 spiro atoms. The minimum absolute atomic E-state index is 0.0588. The van der Waals surface area contributed by atoms with Crippen molar-refractivity contribution in [3.05, 3.63) is 69.2 Å². The molecule has 3 rings (SSSR count). The zero-order chi connectivity index (χ0) is 15.5. The number of hydrogen-bond acceptors (Lipinski definition) is 5. The van der Waals surface area contributed by atoms with Crippen molar-refractivity contribution in [3.63, 3.8) is 0 Å². The summed E-state index contributed by atoms with van der Waals surface area (Å²) in [5.41, 5.74) is 0.0799. The Hall–Kier alpha value is -3.15. The number of fused-ring (bicyclic) bond motifs is 1. The second kappa shape index (κ2) is 5.69. The summed E-state index contributed by atoms with van der Waals surface area (Å²) in [6.07, 6.45) is 0. The van der Waals surface area contributed by atoms with Crippen molar-refractivity contribution in [2.75, 3.05) is 12.4 Å². The van der Waals surface area contributed by atoms with E-state index in [0.29, 0.717) is 22.3 Å². The fourth-order valence-electron chi connectivity index (χ4n) is 2.06. The molecule has 6 nitrogen and oxygen atoms in total. The Labute approximate surface area is 125 Å². The standard InChI is InChI=1S/C16H13N3O3/c1-22-11-8-6-10(7-9-11)17-14-16(21)19-15(20)12-4-2-3-5-13(12)18-14/h2-9H,1H3,(H2,17,18,19,20,21). The monoisotopic (exact) mass is 295 g/mol. The number of benzene rings is 2. The Morgan fingerprint density at radius 1 is 1.00 bits per heavy atom. The van der Waals surface area contributed by atoms with Gasteiger partial charge in [0.2, 0.25) is 0 Å². The fraction of sp³-hybridized carbons (Fsp3) is 0.0625. The molecule has 2 N–H and O–H groups in total. The number of aromatic amines is 1. The largest absolute Gasteiger partial charge is 0.497 e. The lowest BCUT2D eigenvalue weighted by Gasteiger charge is -2.04. The third-order valence-corrected chi connectivity index (χ3v) is 3.18. The first kappa shape index (κ1) is 13.8. The van der Waals surface area contributed by atoms with Crippen LogP contribution in [0.2, 0.25) is 0 Å². The molecule has 0 amide bonds. The molecule has 2 aromatic carbocycles. The molecule has 3 aromatic rings. The summed E-state index contributed by atoms with van der Waals surface area (Å²) in [5, 5.41) is 3.28. The molecule has 110 valence electrons. The zero-order valence-corrected chi connectivity index (χ0v) is 11.8. The lowest BCUT2D eigenvalue weighted by molar-refractivity contribution is 0.415. The van der Waals surface area contributed by atoms with Crippen LogP contribution in [0.1, 0.15) is 0 Å². The quantitative estimate of drug-likeness (QED) is 0.772. The third kappa shape index (κ3) is 2.67. The van der Waals surface area contributed by atoms with Crippen molar-refractivity contribution < 1.29 is 4.74 Å². The van der Waals surface area contributed by atoms with Crippen LogP contribution < -0.4 is 21.2 Å². The van der Waals surface area contributed by atoms with E-state index in [1.165, 1.54) is 0 Å². The van der Waals surface area contributed by atoms with Crippen molar-refractivity contribution in [2.45, 2.75) is 0 Å². The Morgan fingerprint density at radius 3 is 2.45 bits per heavy atom. The van der Waals surface area contributed by atoms with Crippen LogP contribution in [0.5, 0.6) is 5.75 Å². The van der Waals surface area contributed by atoms with Gasteiger partial charge in [0.25, 0.3) is 11.1 Å². The number of rotatable bonds is 3. The van der Waals surface area contributed by atoms with E-state index in [-0.39, 0.29) is 5.82 Å². The van der Waals surface area contributed by atoms with Gasteiger partial charge in [0.05, 0.1) is 18.0 Å². The highest BCUT2D eigenvalue weighted by Crippen LogP contribution is 2.17. The van der Waals surface area contributed by atoms with E-state index in [0.717, 1.165) is 0 Å². The van der Waals surface area contributed by atoms with Crippen molar-refractivity contribution in [1.29, 1.82) is 0 Å². The number of H-pyrrole nitrogens is 1. The molecular formula is C16H13N3O3. The number of methoxy groups -OCH3 is 1. The van der Waals surface area contributed by atoms with Gasteiger partial charge in [-0.2, -0.15) is 0 Å². The molecule has 0 radical (unpaired) electrons. The van der Waals surface area contributed by atoms with E-state index in [1.54, 1.807) is 55.6 Å². The van der Waals surface area contributed by atoms with E-state index in [2.05, 4.69) is 15.3 Å². The summed E-state index contributed by atoms with van der Waals surface area (Å²) in [4.78, 5) is 30.6. The molecule has 6 heteroatoms. The van der Waals surface area contributed by atoms with Gasteiger partial charge in [-0.1, -0.05) is 12.1 Å². The van der Waals surface area contributed by atoms with Crippen molar-refractivity contribution >= 4 is 22.4 Å². The van der Waals surface area contributed by atoms with Crippen LogP contribution in [0.15, 0.2) is 58.1 Å². The van der Waals surface area contributed by atoms with E-state index >= 15 is 0 Å². The lowest BCUT2D eigenvalue weighted by Crippen LogP contribution is -2.16. The van der Waals surface area contributed by atoms with Crippen LogP contribution in [0.4, 0.5) is 11.5 Å². The lowest BCUT2D eigenvalue weighted by atomic mass is 10.2. The first-order valence-corrected chi connectivity index (χ1v) is 6.62. The number of hydrogen-bond donors (Lipinski definition) is 2. The average molecular weight is 295 g/mol. The topological polar surface area (TPSA) is 84.1 Å². The van der Waals surface area contributed by atoms with E-state index < -0.39 is 11.1 Å². The maximum absolute atomic E-state index is 12.1. The maximum atomic E-state index is 12.1. The van der Waals surface area contributed by atoms with Crippen molar-refractivity contribution in [3.8, 4) is 5.75 Å². The van der Waals surface area contributed by atoms with Gasteiger partial charge < -0.3 is 10.1 Å². The van der Waals surface area contributed by atoms with Gasteiger partial charge in [-0.05, 0) is 36.4 Å². The van der Waals surface area contributed by atoms with E-state index in [1.807, 2.05) is 0 Å². The van der Waals surface area contributed by atoms with Crippen LogP contribution in [0, 0.1) is 0 Å². The van der Waals surface area contributed by atoms with Gasteiger partial charge in [-0.25, -0.2) is 4.98 Å². The first-order valence-electron chi connectivity index (χ1n) is 6.62. The molecule has 0 bridgehead atoms. The van der Waals surface area contributed by atoms with E-state index in [4.69, 9.17) is 4.74 Å². The molecule has 22 heavy (non-hydrogen) atoms. The Kier molecular flexibility index (Phi) is 3.57. The Balaban J connectivity index is 2.10. The van der Waals surface area contributed by atoms with Gasteiger partial charge in [-0.15, -0.1) is 0 Å². The highest BCUT2D eigenvalue weighted by atomic mass is 16.5. The van der Waals surface area contributed by atoms with Gasteiger partial charge in [0, 0.05) is 5.69 Å². The molecular weight excluding hydrogens is 282 g/mol. The summed E-state index contributed by atoms with van der Waals surface area (Å²) < 4.78 is 5.08. The second-order valence-corrected chi connectivity index (χ2v) is 4.61. The molecule has 0 saturated heterocycles. The number of nitrogens with zero attached hydrogens (tertiary/aromatic N) is 1. The Morgan fingerprint density at radius 2 is 1.73 bits per heavy atom. The average Bonchev–Trinajstić information content (AvgIpc) is 2.66. The highest BCUT2D eigenvalue weighted by molar-refractivity contribution is 5.78. The molecule has 1 aromatic heterocycles. The van der Waals surface area contributed by atoms with Crippen molar-refractivity contribution in [1.82, 2.24) is 9.97 Å². The van der Waals surface area contributed by atoms with Crippen LogP contribution in [-0.2, 0) is 0 Å². The predicted molar refractivity (Wildman–Crippen MR) is 84.9 cm³/mol. The molecule has 0 aliphatic rings. The smallest absolute Gasteiger partial charge is 0.293 e. The van der Waals surface area contributed by atoms with Crippen LogP contribution in [-0.4, -0.2) is 17.1 Å². The minimum atomic E-state index is -0.572. The third-order valence-electron chi connectivity index (χ3n) is 3.18. The highest BCUT2D eigenvalue weighted by Gasteiger charge is 2.05. The van der Waals surface area contributed by atoms with Gasteiger partial charge in [-0.3, -0.25) is 14.6 Å². The minimum Gasteiger partial charge on any atom is -0.497 e. The second-order valence-electron chi connectivity index (χ2n) is 4.61. The number of nitrogens with one attached hydrogen (secondary N) is 2. The summed E-state index contributed by atoms with van der Waals surface area (Å²) in [6, 6.07) is 13.8. The molecule has 0 saturated carbocycles.